The van der Waals surface area contributed by atoms with Gasteiger partial charge in [0.2, 0.25) is 0 Å². The number of nitrogens with one attached hydrogen (secondary N) is 1. The van der Waals surface area contributed by atoms with Gasteiger partial charge >= 0.3 is 5.97 Å². The Labute approximate surface area is 164 Å². The number of benzene rings is 2. The predicted molar refractivity (Wildman–Crippen MR) is 105 cm³/mol. The van der Waals surface area contributed by atoms with E-state index in [2.05, 4.69) is 17.4 Å². The summed E-state index contributed by atoms with van der Waals surface area (Å²) >= 11 is 0. The van der Waals surface area contributed by atoms with Crippen LogP contribution in [0.5, 0.6) is 11.5 Å². The molecule has 1 aliphatic carbocycles. The summed E-state index contributed by atoms with van der Waals surface area (Å²) in [5.41, 5.74) is 1.66. The molecule has 0 aliphatic heterocycles. The summed E-state index contributed by atoms with van der Waals surface area (Å²) in [5, 5.41) is 11.9. The molecule has 1 saturated carbocycles. The molecule has 0 radical (unpaired) electrons. The highest BCUT2D eigenvalue weighted by Crippen LogP contribution is 2.34. The van der Waals surface area contributed by atoms with E-state index in [1.165, 1.54) is 5.56 Å². The van der Waals surface area contributed by atoms with Crippen LogP contribution in [0.2, 0.25) is 0 Å². The number of amides is 1. The van der Waals surface area contributed by atoms with Crippen LogP contribution in [0.3, 0.4) is 0 Å². The molecule has 0 saturated heterocycles. The Morgan fingerprint density at radius 1 is 1.11 bits per heavy atom. The number of rotatable bonds is 10. The minimum Gasteiger partial charge on any atom is -0.490 e. The Kier molecular flexibility index (Phi) is 6.53. The molecule has 28 heavy (non-hydrogen) atoms. The summed E-state index contributed by atoms with van der Waals surface area (Å²) in [6, 6.07) is 15.0. The third-order valence-electron chi connectivity index (χ3n) is 4.66. The number of carbonyl (C=O) groups excluding carboxylic acids is 1. The van der Waals surface area contributed by atoms with Crippen LogP contribution in [-0.4, -0.2) is 36.2 Å². The van der Waals surface area contributed by atoms with Crippen molar-refractivity contribution in [3.8, 4) is 11.5 Å². The van der Waals surface area contributed by atoms with Gasteiger partial charge in [-0.15, -0.1) is 0 Å². The molecule has 2 aromatic rings. The van der Waals surface area contributed by atoms with Crippen molar-refractivity contribution < 1.29 is 24.2 Å². The monoisotopic (exact) mass is 383 g/mol. The standard InChI is InChI=1S/C22H25NO5/c1-2-27-20-13-17(10-11-19(20)28-14-21(24)25)22(26)23-18(16-8-9-16)12-15-6-4-3-5-7-15/h3-7,10-11,13,16,18H,2,8-9,12,14H2,1H3,(H,23,26)(H,24,25). The van der Waals surface area contributed by atoms with Gasteiger partial charge in [0.15, 0.2) is 18.1 Å². The lowest BCUT2D eigenvalue weighted by Gasteiger charge is -2.19. The summed E-state index contributed by atoms with van der Waals surface area (Å²) in [6.07, 6.45) is 3.06. The van der Waals surface area contributed by atoms with E-state index in [1.54, 1.807) is 18.2 Å². The number of hydrogen-bond donors (Lipinski definition) is 2. The van der Waals surface area contributed by atoms with Crippen molar-refractivity contribution in [1.29, 1.82) is 0 Å². The second-order valence-electron chi connectivity index (χ2n) is 6.88. The highest BCUT2D eigenvalue weighted by atomic mass is 16.5. The van der Waals surface area contributed by atoms with E-state index in [9.17, 15) is 9.59 Å². The fourth-order valence-electron chi connectivity index (χ4n) is 3.13. The number of carbonyl (C=O) groups is 2. The van der Waals surface area contributed by atoms with E-state index >= 15 is 0 Å². The van der Waals surface area contributed by atoms with Gasteiger partial charge in [-0.1, -0.05) is 30.3 Å². The highest BCUT2D eigenvalue weighted by Gasteiger charge is 2.32. The molecule has 1 atom stereocenters. The molecule has 3 rings (SSSR count). The SMILES string of the molecule is CCOc1cc(C(=O)NC(Cc2ccccc2)C2CC2)ccc1OCC(=O)O. The smallest absolute Gasteiger partial charge is 0.341 e. The van der Waals surface area contributed by atoms with Gasteiger partial charge in [0.25, 0.3) is 5.91 Å². The molecular weight excluding hydrogens is 358 g/mol. The quantitative estimate of drug-likeness (QED) is 0.658. The minimum absolute atomic E-state index is 0.0911. The van der Waals surface area contributed by atoms with Crippen LogP contribution in [0.4, 0.5) is 0 Å². The highest BCUT2D eigenvalue weighted by molar-refractivity contribution is 5.95. The van der Waals surface area contributed by atoms with Gasteiger partial charge in [-0.3, -0.25) is 4.79 Å². The van der Waals surface area contributed by atoms with E-state index in [0.717, 1.165) is 19.3 Å². The first-order valence-corrected chi connectivity index (χ1v) is 9.53. The van der Waals surface area contributed by atoms with Crippen molar-refractivity contribution in [2.24, 2.45) is 5.92 Å². The topological polar surface area (TPSA) is 84.9 Å². The first kappa shape index (κ1) is 19.7. The lowest BCUT2D eigenvalue weighted by Crippen LogP contribution is -2.38. The van der Waals surface area contributed by atoms with E-state index < -0.39 is 12.6 Å². The maximum atomic E-state index is 12.8. The third-order valence-corrected chi connectivity index (χ3v) is 4.66. The van der Waals surface area contributed by atoms with Gasteiger partial charge in [0.05, 0.1) is 6.61 Å². The van der Waals surface area contributed by atoms with Crippen molar-refractivity contribution in [3.05, 3.63) is 59.7 Å². The summed E-state index contributed by atoms with van der Waals surface area (Å²) in [6.45, 7) is 1.73. The number of carboxylic acid groups (broad SMARTS) is 1. The summed E-state index contributed by atoms with van der Waals surface area (Å²) in [7, 11) is 0. The fourth-order valence-corrected chi connectivity index (χ4v) is 3.13. The van der Waals surface area contributed by atoms with Crippen LogP contribution >= 0.6 is 0 Å². The lowest BCUT2D eigenvalue weighted by molar-refractivity contribution is -0.139. The Hall–Kier alpha value is -3.02. The van der Waals surface area contributed by atoms with E-state index in [1.807, 2.05) is 25.1 Å². The minimum atomic E-state index is -1.07. The molecule has 1 aliphatic rings. The molecule has 6 heteroatoms. The molecular formula is C22H25NO5. The second kappa shape index (κ2) is 9.26. The van der Waals surface area contributed by atoms with Gasteiger partial charge < -0.3 is 19.9 Å². The van der Waals surface area contributed by atoms with Crippen LogP contribution in [-0.2, 0) is 11.2 Å². The normalized spacial score (nSPS) is 14.2. The zero-order valence-corrected chi connectivity index (χ0v) is 15.9. The van der Waals surface area contributed by atoms with Gasteiger partial charge in [0, 0.05) is 11.6 Å². The van der Waals surface area contributed by atoms with E-state index in [0.29, 0.717) is 29.6 Å². The second-order valence-corrected chi connectivity index (χ2v) is 6.88. The van der Waals surface area contributed by atoms with Crippen molar-refractivity contribution in [2.45, 2.75) is 32.2 Å². The first-order chi connectivity index (χ1) is 13.6. The zero-order valence-electron chi connectivity index (χ0n) is 15.9. The third kappa shape index (κ3) is 5.49. The molecule has 6 nitrogen and oxygen atoms in total. The summed E-state index contributed by atoms with van der Waals surface area (Å²) < 4.78 is 10.8. The van der Waals surface area contributed by atoms with Crippen LogP contribution in [0.25, 0.3) is 0 Å². The molecule has 148 valence electrons. The Bertz CT molecular complexity index is 817. The van der Waals surface area contributed by atoms with E-state index in [-0.39, 0.29) is 11.9 Å². The van der Waals surface area contributed by atoms with Crippen LogP contribution < -0.4 is 14.8 Å². The molecule has 2 aromatic carbocycles. The molecule has 1 amide bonds. The van der Waals surface area contributed by atoms with Gasteiger partial charge in [-0.05, 0) is 55.9 Å². The zero-order chi connectivity index (χ0) is 19.9. The van der Waals surface area contributed by atoms with Gasteiger partial charge in [0.1, 0.15) is 0 Å². The number of carboxylic acids is 1. The van der Waals surface area contributed by atoms with Crippen molar-refractivity contribution in [2.75, 3.05) is 13.2 Å². The molecule has 0 aromatic heterocycles. The Balaban J connectivity index is 1.71. The molecule has 0 bridgehead atoms. The van der Waals surface area contributed by atoms with Crippen LogP contribution in [0, 0.1) is 5.92 Å². The molecule has 0 spiro atoms. The first-order valence-electron chi connectivity index (χ1n) is 9.53. The van der Waals surface area contributed by atoms with Crippen LogP contribution in [0.1, 0.15) is 35.7 Å². The van der Waals surface area contributed by atoms with Crippen molar-refractivity contribution in [1.82, 2.24) is 5.32 Å². The summed E-state index contributed by atoms with van der Waals surface area (Å²) in [5.74, 6) is -0.0593. The average Bonchev–Trinajstić information content (AvgIpc) is 3.52. The lowest BCUT2D eigenvalue weighted by atomic mass is 10.0. The van der Waals surface area contributed by atoms with Gasteiger partial charge in [-0.25, -0.2) is 4.79 Å². The van der Waals surface area contributed by atoms with Crippen molar-refractivity contribution >= 4 is 11.9 Å². The average molecular weight is 383 g/mol. The van der Waals surface area contributed by atoms with Crippen LogP contribution in [0.15, 0.2) is 48.5 Å². The molecule has 0 heterocycles. The maximum Gasteiger partial charge on any atom is 0.341 e. The number of hydrogen-bond acceptors (Lipinski definition) is 4. The molecule has 1 fully saturated rings. The van der Waals surface area contributed by atoms with Crippen molar-refractivity contribution in [3.63, 3.8) is 0 Å². The number of aliphatic carboxylic acids is 1. The van der Waals surface area contributed by atoms with Gasteiger partial charge in [-0.2, -0.15) is 0 Å². The Morgan fingerprint density at radius 2 is 1.86 bits per heavy atom. The molecule has 2 N–H and O–H groups in total. The summed E-state index contributed by atoms with van der Waals surface area (Å²) in [4.78, 5) is 23.5. The van der Waals surface area contributed by atoms with E-state index in [4.69, 9.17) is 14.6 Å². The maximum absolute atomic E-state index is 12.8. The molecule has 1 unspecified atom stereocenters. The predicted octanol–water partition coefficient (Wildman–Crippen LogP) is 3.30. The Morgan fingerprint density at radius 3 is 2.50 bits per heavy atom. The number of ether oxygens (including phenoxy) is 2. The largest absolute Gasteiger partial charge is 0.490 e. The fraction of sp³-hybridized carbons (Fsp3) is 0.364.